The molecule has 0 saturated carbocycles. The number of ether oxygens (including phenoxy) is 1. The first-order chi connectivity index (χ1) is 10.4. The van der Waals surface area contributed by atoms with Crippen LogP contribution in [0, 0.1) is 0 Å². The van der Waals surface area contributed by atoms with Crippen LogP contribution in [0.1, 0.15) is 17.4 Å². The average Bonchev–Trinajstić information content (AvgIpc) is 2.94. The van der Waals surface area contributed by atoms with Crippen molar-refractivity contribution in [3.63, 3.8) is 0 Å². The van der Waals surface area contributed by atoms with Crippen molar-refractivity contribution in [3.8, 4) is 5.75 Å². The van der Waals surface area contributed by atoms with E-state index in [1.807, 2.05) is 6.07 Å². The molecule has 2 aromatic heterocycles. The maximum atomic E-state index is 12.1. The van der Waals surface area contributed by atoms with Crippen LogP contribution in [0.4, 0.5) is 13.2 Å². The van der Waals surface area contributed by atoms with E-state index in [9.17, 15) is 18.3 Å². The molecule has 4 nitrogen and oxygen atoms in total. The van der Waals surface area contributed by atoms with Gasteiger partial charge in [0.25, 0.3) is 0 Å². The molecule has 0 aliphatic carbocycles. The summed E-state index contributed by atoms with van der Waals surface area (Å²) in [5.74, 6) is -0.329. The molecule has 0 aliphatic heterocycles. The van der Waals surface area contributed by atoms with Crippen LogP contribution >= 0.6 is 0 Å². The fraction of sp³-hybridized carbons (Fsp3) is 0.133. The Morgan fingerprint density at radius 2 is 1.82 bits per heavy atom. The van der Waals surface area contributed by atoms with Gasteiger partial charge in [0.05, 0.1) is 23.7 Å². The Kier molecular flexibility index (Phi) is 3.50. The third-order valence-electron chi connectivity index (χ3n) is 3.19. The molecule has 114 valence electrons. The van der Waals surface area contributed by atoms with Crippen LogP contribution in [-0.2, 0) is 0 Å². The van der Waals surface area contributed by atoms with Gasteiger partial charge in [0.15, 0.2) is 0 Å². The Hall–Kier alpha value is -2.54. The molecule has 0 aliphatic rings. The van der Waals surface area contributed by atoms with Crippen LogP contribution in [-0.4, -0.2) is 20.9 Å². The van der Waals surface area contributed by atoms with E-state index < -0.39 is 12.5 Å². The van der Waals surface area contributed by atoms with Gasteiger partial charge in [-0.25, -0.2) is 4.98 Å². The van der Waals surface area contributed by atoms with Gasteiger partial charge in [-0.15, -0.1) is 13.2 Å². The molecule has 0 spiro atoms. The van der Waals surface area contributed by atoms with E-state index in [0.29, 0.717) is 11.3 Å². The quantitative estimate of drug-likeness (QED) is 0.807. The summed E-state index contributed by atoms with van der Waals surface area (Å²) >= 11 is 0. The first kappa shape index (κ1) is 14.4. The molecule has 3 aromatic rings. The molecular formula is C15H11F3N2O2. The molecule has 0 amide bonds. The van der Waals surface area contributed by atoms with Crippen LogP contribution in [0.2, 0.25) is 0 Å². The molecule has 0 saturated heterocycles. The number of alkyl halides is 3. The number of benzene rings is 1. The van der Waals surface area contributed by atoms with Gasteiger partial charge in [0, 0.05) is 0 Å². The molecular weight excluding hydrogens is 297 g/mol. The number of fused-ring (bicyclic) bond motifs is 1. The molecule has 0 fully saturated rings. The second-order valence-corrected chi connectivity index (χ2v) is 4.66. The van der Waals surface area contributed by atoms with Crippen LogP contribution < -0.4 is 4.74 Å². The van der Waals surface area contributed by atoms with E-state index in [-0.39, 0.29) is 5.75 Å². The summed E-state index contributed by atoms with van der Waals surface area (Å²) in [5.41, 5.74) is 1.84. The van der Waals surface area contributed by atoms with Gasteiger partial charge >= 0.3 is 6.36 Å². The largest absolute Gasteiger partial charge is 0.573 e. The van der Waals surface area contributed by atoms with Crippen molar-refractivity contribution in [2.24, 2.45) is 0 Å². The zero-order chi connectivity index (χ0) is 15.7. The van der Waals surface area contributed by atoms with Crippen LogP contribution in [0.15, 0.2) is 55.0 Å². The second-order valence-electron chi connectivity index (χ2n) is 4.66. The molecule has 7 heteroatoms. The SMILES string of the molecule is OC(c1ccc(OC(F)(F)F)cc1)c1cccc2cncn12. The van der Waals surface area contributed by atoms with Gasteiger partial charge in [-0.2, -0.15) is 0 Å². The second kappa shape index (κ2) is 5.34. The monoisotopic (exact) mass is 308 g/mol. The number of pyridine rings is 1. The Balaban J connectivity index is 1.89. The average molecular weight is 308 g/mol. The number of rotatable bonds is 3. The number of hydrogen-bond donors (Lipinski definition) is 1. The topological polar surface area (TPSA) is 46.8 Å². The summed E-state index contributed by atoms with van der Waals surface area (Å²) in [6, 6.07) is 10.4. The van der Waals surface area contributed by atoms with Crippen molar-refractivity contribution in [1.82, 2.24) is 9.38 Å². The highest BCUT2D eigenvalue weighted by Crippen LogP contribution is 2.27. The van der Waals surface area contributed by atoms with Crippen LogP contribution in [0.3, 0.4) is 0 Å². The summed E-state index contributed by atoms with van der Waals surface area (Å²) < 4.78 is 41.9. The lowest BCUT2D eigenvalue weighted by molar-refractivity contribution is -0.274. The van der Waals surface area contributed by atoms with Crippen molar-refractivity contribution >= 4 is 5.52 Å². The van der Waals surface area contributed by atoms with Crippen molar-refractivity contribution in [1.29, 1.82) is 0 Å². The molecule has 2 heterocycles. The molecule has 22 heavy (non-hydrogen) atoms. The zero-order valence-corrected chi connectivity index (χ0v) is 11.2. The summed E-state index contributed by atoms with van der Waals surface area (Å²) in [6.07, 6.45) is -2.51. The van der Waals surface area contributed by atoms with Crippen molar-refractivity contribution in [2.75, 3.05) is 0 Å². The third kappa shape index (κ3) is 2.89. The minimum Gasteiger partial charge on any atom is -0.406 e. The molecule has 0 radical (unpaired) electrons. The third-order valence-corrected chi connectivity index (χ3v) is 3.19. The Bertz CT molecular complexity index is 781. The van der Waals surface area contributed by atoms with Gasteiger partial charge in [0.1, 0.15) is 11.9 Å². The van der Waals surface area contributed by atoms with E-state index in [0.717, 1.165) is 5.52 Å². The van der Waals surface area contributed by atoms with E-state index in [1.165, 1.54) is 24.3 Å². The van der Waals surface area contributed by atoms with Gasteiger partial charge in [-0.05, 0) is 29.8 Å². The zero-order valence-electron chi connectivity index (χ0n) is 11.2. The van der Waals surface area contributed by atoms with Crippen molar-refractivity contribution < 1.29 is 23.0 Å². The predicted octanol–water partition coefficient (Wildman–Crippen LogP) is 3.31. The minimum absolute atomic E-state index is 0.329. The number of aliphatic hydroxyl groups is 1. The van der Waals surface area contributed by atoms with E-state index in [2.05, 4.69) is 9.72 Å². The van der Waals surface area contributed by atoms with Crippen LogP contribution in [0.25, 0.3) is 5.52 Å². The number of aliphatic hydroxyl groups excluding tert-OH is 1. The molecule has 1 N–H and O–H groups in total. The number of imidazole rings is 1. The molecule has 1 unspecified atom stereocenters. The summed E-state index contributed by atoms with van der Waals surface area (Å²) in [5, 5.41) is 10.4. The first-order valence-corrected chi connectivity index (χ1v) is 6.39. The summed E-state index contributed by atoms with van der Waals surface area (Å²) in [7, 11) is 0. The molecule has 0 bridgehead atoms. The Labute approximate surface area is 123 Å². The number of halogens is 3. The van der Waals surface area contributed by atoms with Gasteiger partial charge in [-0.3, -0.25) is 0 Å². The highest BCUT2D eigenvalue weighted by Gasteiger charge is 2.31. The Morgan fingerprint density at radius 3 is 2.50 bits per heavy atom. The minimum atomic E-state index is -4.73. The van der Waals surface area contributed by atoms with Gasteiger partial charge in [0.2, 0.25) is 0 Å². The highest BCUT2D eigenvalue weighted by atomic mass is 19.4. The molecule has 3 rings (SSSR count). The van der Waals surface area contributed by atoms with E-state index in [1.54, 1.807) is 29.1 Å². The number of aromatic nitrogens is 2. The van der Waals surface area contributed by atoms with Crippen molar-refractivity contribution in [3.05, 3.63) is 66.2 Å². The normalized spacial score (nSPS) is 13.3. The van der Waals surface area contributed by atoms with Gasteiger partial charge < -0.3 is 14.2 Å². The lowest BCUT2D eigenvalue weighted by Gasteiger charge is -2.14. The molecule has 1 aromatic carbocycles. The summed E-state index contributed by atoms with van der Waals surface area (Å²) in [6.45, 7) is 0. The Morgan fingerprint density at radius 1 is 1.09 bits per heavy atom. The fourth-order valence-corrected chi connectivity index (χ4v) is 2.22. The van der Waals surface area contributed by atoms with Crippen molar-refractivity contribution in [2.45, 2.75) is 12.5 Å². The molecule has 1 atom stereocenters. The number of nitrogens with zero attached hydrogens (tertiary/aromatic N) is 2. The highest BCUT2D eigenvalue weighted by molar-refractivity contribution is 5.47. The maximum absolute atomic E-state index is 12.1. The smallest absolute Gasteiger partial charge is 0.406 e. The predicted molar refractivity (Wildman–Crippen MR) is 72.4 cm³/mol. The number of hydrogen-bond acceptors (Lipinski definition) is 3. The van der Waals surface area contributed by atoms with E-state index >= 15 is 0 Å². The maximum Gasteiger partial charge on any atom is 0.573 e. The fourth-order valence-electron chi connectivity index (χ4n) is 2.22. The standard InChI is InChI=1S/C15H11F3N2O2/c16-15(17,18)22-12-6-4-10(5-7-12)14(21)13-3-1-2-11-8-19-9-20(11)13/h1-9,14,21H. The van der Waals surface area contributed by atoms with E-state index in [4.69, 9.17) is 0 Å². The lowest BCUT2D eigenvalue weighted by atomic mass is 10.1. The lowest BCUT2D eigenvalue weighted by Crippen LogP contribution is -2.17. The summed E-state index contributed by atoms with van der Waals surface area (Å²) in [4.78, 5) is 4.00. The first-order valence-electron chi connectivity index (χ1n) is 6.39. The van der Waals surface area contributed by atoms with Gasteiger partial charge in [-0.1, -0.05) is 18.2 Å². The van der Waals surface area contributed by atoms with Crippen LogP contribution in [0.5, 0.6) is 5.75 Å².